The van der Waals surface area contributed by atoms with E-state index in [1.165, 1.54) is 37.0 Å². The van der Waals surface area contributed by atoms with Crippen LogP contribution >= 0.6 is 11.8 Å². The second kappa shape index (κ2) is 9.69. The molecular weight excluding hydrogens is 258 g/mol. The summed E-state index contributed by atoms with van der Waals surface area (Å²) in [7, 11) is 0. The molecule has 0 aliphatic heterocycles. The first-order valence-electron chi connectivity index (χ1n) is 6.87. The minimum absolute atomic E-state index is 0.0136. The SMILES string of the molecule is N#CCN(CC#N)C(=O)CCSCC1CCCCC1. The van der Waals surface area contributed by atoms with E-state index in [9.17, 15) is 4.79 Å². The highest BCUT2D eigenvalue weighted by atomic mass is 32.2. The molecule has 0 saturated heterocycles. The Kier molecular flexibility index (Phi) is 8.09. The van der Waals surface area contributed by atoms with Gasteiger partial charge in [0.25, 0.3) is 0 Å². The molecule has 0 N–H and O–H groups in total. The number of carbonyl (C=O) groups is 1. The lowest BCUT2D eigenvalue weighted by Crippen LogP contribution is -2.32. The molecule has 5 heteroatoms. The molecule has 0 atom stereocenters. The van der Waals surface area contributed by atoms with E-state index in [1.807, 2.05) is 23.9 Å². The van der Waals surface area contributed by atoms with Gasteiger partial charge in [0, 0.05) is 12.2 Å². The van der Waals surface area contributed by atoms with E-state index in [2.05, 4.69) is 0 Å². The second-order valence-corrected chi connectivity index (χ2v) is 6.04. The predicted octanol–water partition coefficient (Wildman–Crippen LogP) is 2.57. The van der Waals surface area contributed by atoms with Crippen molar-refractivity contribution in [3.63, 3.8) is 0 Å². The van der Waals surface area contributed by atoms with Crippen molar-refractivity contribution in [2.75, 3.05) is 24.6 Å². The maximum Gasteiger partial charge on any atom is 0.225 e. The van der Waals surface area contributed by atoms with E-state index in [0.29, 0.717) is 6.42 Å². The lowest BCUT2D eigenvalue weighted by molar-refractivity contribution is -0.129. The Morgan fingerprint density at radius 1 is 1.16 bits per heavy atom. The average Bonchev–Trinajstić information content (AvgIpc) is 2.44. The van der Waals surface area contributed by atoms with Crippen LogP contribution in [0.4, 0.5) is 0 Å². The van der Waals surface area contributed by atoms with Crippen LogP contribution in [0, 0.1) is 28.6 Å². The van der Waals surface area contributed by atoms with Crippen LogP contribution in [0.15, 0.2) is 0 Å². The molecule has 1 aliphatic carbocycles. The third-order valence-corrected chi connectivity index (χ3v) is 4.61. The maximum atomic E-state index is 11.8. The van der Waals surface area contributed by atoms with E-state index in [4.69, 9.17) is 10.5 Å². The summed E-state index contributed by atoms with van der Waals surface area (Å²) in [6.45, 7) is 0.0272. The van der Waals surface area contributed by atoms with Crippen LogP contribution in [0.2, 0.25) is 0 Å². The van der Waals surface area contributed by atoms with Crippen LogP contribution in [0.5, 0.6) is 0 Å². The number of thioether (sulfide) groups is 1. The average molecular weight is 279 g/mol. The van der Waals surface area contributed by atoms with Crippen molar-refractivity contribution in [2.24, 2.45) is 5.92 Å². The Bertz CT molecular complexity index is 337. The molecule has 1 amide bonds. The predicted molar refractivity (Wildman–Crippen MR) is 76.3 cm³/mol. The summed E-state index contributed by atoms with van der Waals surface area (Å²) < 4.78 is 0. The summed E-state index contributed by atoms with van der Waals surface area (Å²) in [5, 5.41) is 17.2. The first kappa shape index (κ1) is 15.9. The van der Waals surface area contributed by atoms with Crippen LogP contribution in [0.1, 0.15) is 38.5 Å². The van der Waals surface area contributed by atoms with E-state index < -0.39 is 0 Å². The van der Waals surface area contributed by atoms with E-state index in [-0.39, 0.29) is 19.0 Å². The van der Waals surface area contributed by atoms with Crippen LogP contribution in [-0.2, 0) is 4.79 Å². The van der Waals surface area contributed by atoms with Gasteiger partial charge in [0.15, 0.2) is 0 Å². The number of rotatable bonds is 7. The number of hydrogen-bond acceptors (Lipinski definition) is 4. The number of nitriles is 2. The zero-order chi connectivity index (χ0) is 13.9. The topological polar surface area (TPSA) is 67.9 Å². The molecule has 0 spiro atoms. The molecule has 0 bridgehead atoms. The molecule has 104 valence electrons. The van der Waals surface area contributed by atoms with Gasteiger partial charge in [0.05, 0.1) is 12.1 Å². The van der Waals surface area contributed by atoms with Gasteiger partial charge < -0.3 is 4.90 Å². The molecule has 19 heavy (non-hydrogen) atoms. The number of hydrogen-bond donors (Lipinski definition) is 0. The van der Waals surface area contributed by atoms with Gasteiger partial charge in [-0.15, -0.1) is 0 Å². The number of nitrogens with zero attached hydrogens (tertiary/aromatic N) is 3. The van der Waals surface area contributed by atoms with Crippen LogP contribution < -0.4 is 0 Å². The molecule has 4 nitrogen and oxygen atoms in total. The lowest BCUT2D eigenvalue weighted by Gasteiger charge is -2.21. The molecule has 1 aliphatic rings. The highest BCUT2D eigenvalue weighted by Crippen LogP contribution is 2.26. The molecule has 1 rings (SSSR count). The van der Waals surface area contributed by atoms with E-state index >= 15 is 0 Å². The van der Waals surface area contributed by atoms with Crippen LogP contribution in [0.25, 0.3) is 0 Å². The lowest BCUT2D eigenvalue weighted by atomic mass is 9.91. The van der Waals surface area contributed by atoms with Crippen molar-refractivity contribution in [1.82, 2.24) is 4.90 Å². The standard InChI is InChI=1S/C14H21N3OS/c15-7-9-17(10-8-16)14(18)6-11-19-12-13-4-2-1-3-5-13/h13H,1-6,9-12H2. The smallest absolute Gasteiger partial charge is 0.225 e. The highest BCUT2D eigenvalue weighted by molar-refractivity contribution is 7.99. The van der Waals surface area contributed by atoms with Gasteiger partial charge in [-0.25, -0.2) is 0 Å². The maximum absolute atomic E-state index is 11.8. The quantitative estimate of drug-likeness (QED) is 0.530. The van der Waals surface area contributed by atoms with Crippen LogP contribution in [0.3, 0.4) is 0 Å². The van der Waals surface area contributed by atoms with E-state index in [0.717, 1.165) is 17.4 Å². The first-order valence-corrected chi connectivity index (χ1v) is 8.02. The third kappa shape index (κ3) is 6.50. The molecule has 1 saturated carbocycles. The highest BCUT2D eigenvalue weighted by Gasteiger charge is 2.15. The summed E-state index contributed by atoms with van der Waals surface area (Å²) in [5.74, 6) is 2.68. The van der Waals surface area contributed by atoms with Crippen LogP contribution in [-0.4, -0.2) is 35.4 Å². The Hall–Kier alpha value is -1.20. The minimum atomic E-state index is -0.0840. The van der Waals surface area contributed by atoms with Crippen molar-refractivity contribution in [1.29, 1.82) is 10.5 Å². The van der Waals surface area contributed by atoms with Gasteiger partial charge in [-0.2, -0.15) is 22.3 Å². The molecule has 0 heterocycles. The molecule has 0 aromatic rings. The first-order chi connectivity index (χ1) is 9.27. The summed E-state index contributed by atoms with van der Waals surface area (Å²) in [6, 6.07) is 3.85. The fourth-order valence-corrected chi connectivity index (χ4v) is 3.48. The normalized spacial score (nSPS) is 15.5. The monoisotopic (exact) mass is 279 g/mol. The van der Waals surface area contributed by atoms with Crippen molar-refractivity contribution < 1.29 is 4.79 Å². The molecule has 0 unspecified atom stereocenters. The van der Waals surface area contributed by atoms with Crippen molar-refractivity contribution in [3.05, 3.63) is 0 Å². The fraction of sp³-hybridized carbons (Fsp3) is 0.786. The van der Waals surface area contributed by atoms with Crippen molar-refractivity contribution >= 4 is 17.7 Å². The zero-order valence-electron chi connectivity index (χ0n) is 11.3. The molecule has 0 aromatic carbocycles. The van der Waals surface area contributed by atoms with Gasteiger partial charge in [-0.05, 0) is 24.5 Å². The van der Waals surface area contributed by atoms with Gasteiger partial charge in [0.2, 0.25) is 5.91 Å². The van der Waals surface area contributed by atoms with Crippen molar-refractivity contribution in [3.8, 4) is 12.1 Å². The Labute approximate surface area is 119 Å². The van der Waals surface area contributed by atoms with Gasteiger partial charge in [-0.1, -0.05) is 19.3 Å². The Morgan fingerprint density at radius 3 is 2.37 bits per heavy atom. The molecule has 0 radical (unpaired) electrons. The number of carbonyl (C=O) groups excluding carboxylic acids is 1. The Morgan fingerprint density at radius 2 is 1.79 bits per heavy atom. The van der Waals surface area contributed by atoms with Gasteiger partial charge >= 0.3 is 0 Å². The largest absolute Gasteiger partial charge is 0.316 e. The van der Waals surface area contributed by atoms with Crippen molar-refractivity contribution in [2.45, 2.75) is 38.5 Å². The van der Waals surface area contributed by atoms with E-state index in [1.54, 1.807) is 0 Å². The van der Waals surface area contributed by atoms with Gasteiger partial charge in [0.1, 0.15) is 13.1 Å². The molecular formula is C14H21N3OS. The minimum Gasteiger partial charge on any atom is -0.316 e. The number of amides is 1. The third-order valence-electron chi connectivity index (χ3n) is 3.41. The summed E-state index contributed by atoms with van der Waals surface area (Å²) in [6.07, 6.45) is 7.16. The zero-order valence-corrected chi connectivity index (χ0v) is 12.1. The fourth-order valence-electron chi connectivity index (χ4n) is 2.32. The van der Waals surface area contributed by atoms with Gasteiger partial charge in [-0.3, -0.25) is 4.79 Å². The summed E-state index contributed by atoms with van der Waals surface area (Å²) in [5.41, 5.74) is 0. The summed E-state index contributed by atoms with van der Waals surface area (Å²) >= 11 is 1.83. The Balaban J connectivity index is 2.15. The second-order valence-electron chi connectivity index (χ2n) is 4.89. The molecule has 1 fully saturated rings. The summed E-state index contributed by atoms with van der Waals surface area (Å²) in [4.78, 5) is 13.1. The molecule has 0 aromatic heterocycles.